The highest BCUT2D eigenvalue weighted by atomic mass is 19.1. The summed E-state index contributed by atoms with van der Waals surface area (Å²) in [6.45, 7) is 3.26. The van der Waals surface area contributed by atoms with Crippen LogP contribution in [-0.4, -0.2) is 23.9 Å². The van der Waals surface area contributed by atoms with Crippen LogP contribution in [0.15, 0.2) is 18.2 Å². The van der Waals surface area contributed by atoms with Gasteiger partial charge in [-0.3, -0.25) is 9.69 Å². The summed E-state index contributed by atoms with van der Waals surface area (Å²) < 4.78 is 13.9. The second-order valence-electron chi connectivity index (χ2n) is 4.40. The molecule has 17 heavy (non-hydrogen) atoms. The number of carbonyl (C=O) groups is 2. The molecule has 0 aromatic heterocycles. The topological polar surface area (TPSA) is 49.4 Å². The van der Waals surface area contributed by atoms with E-state index in [4.69, 9.17) is 0 Å². The predicted molar refractivity (Wildman–Crippen MR) is 59.8 cm³/mol. The van der Waals surface area contributed by atoms with Crippen LogP contribution < -0.4 is 5.32 Å². The molecule has 1 aliphatic rings. The fraction of sp³-hybridized carbons (Fsp3) is 0.333. The Kier molecular flexibility index (Phi) is 2.41. The molecule has 1 atom stereocenters. The lowest BCUT2D eigenvalue weighted by Crippen LogP contribution is -2.41. The Balaban J connectivity index is 2.53. The maximum atomic E-state index is 13.9. The largest absolute Gasteiger partial charge is 0.325 e. The molecule has 0 spiro atoms. The van der Waals surface area contributed by atoms with E-state index >= 15 is 0 Å². The molecule has 1 aromatic carbocycles. The minimum absolute atomic E-state index is 0.186. The first-order valence-corrected chi connectivity index (χ1v) is 5.23. The molecule has 1 aromatic rings. The maximum absolute atomic E-state index is 13.9. The van der Waals surface area contributed by atoms with Gasteiger partial charge in [-0.1, -0.05) is 12.1 Å². The molecule has 1 heterocycles. The average molecular weight is 236 g/mol. The van der Waals surface area contributed by atoms with Crippen LogP contribution in [0.3, 0.4) is 0 Å². The van der Waals surface area contributed by atoms with Crippen molar-refractivity contribution in [2.24, 2.45) is 0 Å². The number of imide groups is 1. The van der Waals surface area contributed by atoms with Crippen LogP contribution in [0.1, 0.15) is 18.1 Å². The van der Waals surface area contributed by atoms with Crippen molar-refractivity contribution in [2.75, 3.05) is 7.05 Å². The van der Waals surface area contributed by atoms with Crippen molar-refractivity contribution in [3.8, 4) is 0 Å². The van der Waals surface area contributed by atoms with E-state index in [1.54, 1.807) is 13.0 Å². The minimum Gasteiger partial charge on any atom is -0.319 e. The van der Waals surface area contributed by atoms with Crippen LogP contribution in [0.4, 0.5) is 9.18 Å². The molecule has 1 fully saturated rings. The predicted octanol–water partition coefficient (Wildman–Crippen LogP) is 1.53. The van der Waals surface area contributed by atoms with Crippen LogP contribution in [0.2, 0.25) is 0 Å². The van der Waals surface area contributed by atoms with Crippen LogP contribution in [0, 0.1) is 12.7 Å². The number of likely N-dealkylation sites (N-methyl/N-ethyl adjacent to an activating group) is 1. The quantitative estimate of drug-likeness (QED) is 0.752. The summed E-state index contributed by atoms with van der Waals surface area (Å²) in [7, 11) is 1.37. The van der Waals surface area contributed by atoms with E-state index in [-0.39, 0.29) is 5.56 Å². The van der Waals surface area contributed by atoms with Gasteiger partial charge in [0, 0.05) is 12.6 Å². The number of urea groups is 1. The molecule has 1 saturated heterocycles. The number of hydrogen-bond acceptors (Lipinski definition) is 2. The second kappa shape index (κ2) is 3.55. The van der Waals surface area contributed by atoms with Gasteiger partial charge in [0.25, 0.3) is 5.91 Å². The van der Waals surface area contributed by atoms with E-state index in [9.17, 15) is 14.0 Å². The van der Waals surface area contributed by atoms with Gasteiger partial charge in [0.1, 0.15) is 11.4 Å². The summed E-state index contributed by atoms with van der Waals surface area (Å²) in [5.74, 6) is -0.943. The molecule has 1 unspecified atom stereocenters. The van der Waals surface area contributed by atoms with Crippen LogP contribution >= 0.6 is 0 Å². The Bertz CT molecular complexity index is 515. The highest BCUT2D eigenvalue weighted by Crippen LogP contribution is 2.30. The zero-order chi connectivity index (χ0) is 12.8. The molecule has 4 nitrogen and oxygen atoms in total. The van der Waals surface area contributed by atoms with Crippen LogP contribution in [0.5, 0.6) is 0 Å². The normalized spacial score (nSPS) is 24.1. The Labute approximate surface area is 98.4 Å². The number of nitrogens with zero attached hydrogens (tertiary/aromatic N) is 1. The molecule has 90 valence electrons. The highest BCUT2D eigenvalue weighted by molar-refractivity contribution is 6.06. The number of amides is 3. The number of benzene rings is 1. The summed E-state index contributed by atoms with van der Waals surface area (Å²) >= 11 is 0. The van der Waals surface area contributed by atoms with Gasteiger partial charge in [0.05, 0.1) is 0 Å². The molecule has 1 N–H and O–H groups in total. The van der Waals surface area contributed by atoms with E-state index in [1.165, 1.54) is 26.1 Å². The zero-order valence-electron chi connectivity index (χ0n) is 9.87. The maximum Gasteiger partial charge on any atom is 0.325 e. The molecular formula is C12H13FN2O2. The van der Waals surface area contributed by atoms with Gasteiger partial charge in [0.15, 0.2) is 0 Å². The third-order valence-corrected chi connectivity index (χ3v) is 3.06. The number of halogens is 1. The number of rotatable bonds is 1. The molecule has 0 saturated carbocycles. The fourth-order valence-electron chi connectivity index (χ4n) is 1.99. The standard InChI is InChI=1S/C12H13FN2O2/c1-7-4-5-8(9(13)6-7)12(2)10(16)15(3)11(17)14-12/h4-6H,1-3H3,(H,14,17). The lowest BCUT2D eigenvalue weighted by Gasteiger charge is -2.22. The number of aryl methyl sites for hydroxylation is 1. The van der Waals surface area contributed by atoms with Crippen molar-refractivity contribution in [2.45, 2.75) is 19.4 Å². The van der Waals surface area contributed by atoms with E-state index in [0.29, 0.717) is 0 Å². The third-order valence-electron chi connectivity index (χ3n) is 3.06. The molecule has 0 radical (unpaired) electrons. The summed E-state index contributed by atoms with van der Waals surface area (Å²) in [6, 6.07) is 4.07. The van der Waals surface area contributed by atoms with Crippen molar-refractivity contribution in [1.29, 1.82) is 0 Å². The van der Waals surface area contributed by atoms with Gasteiger partial charge in [0.2, 0.25) is 0 Å². The van der Waals surface area contributed by atoms with Gasteiger partial charge in [-0.25, -0.2) is 9.18 Å². The van der Waals surface area contributed by atoms with Crippen molar-refractivity contribution < 1.29 is 14.0 Å². The Morgan fingerprint density at radius 2 is 2.00 bits per heavy atom. The molecule has 5 heteroatoms. The number of carbonyl (C=O) groups excluding carboxylic acids is 2. The lowest BCUT2D eigenvalue weighted by molar-refractivity contribution is -0.130. The third kappa shape index (κ3) is 1.58. The average Bonchev–Trinajstić information content (AvgIpc) is 2.43. The molecule has 0 aliphatic carbocycles. The van der Waals surface area contributed by atoms with Crippen molar-refractivity contribution in [1.82, 2.24) is 10.2 Å². The van der Waals surface area contributed by atoms with Gasteiger partial charge < -0.3 is 5.32 Å². The van der Waals surface area contributed by atoms with Crippen LogP contribution in [-0.2, 0) is 10.3 Å². The summed E-state index contributed by atoms with van der Waals surface area (Å²) in [4.78, 5) is 24.3. The first kappa shape index (κ1) is 11.6. The van der Waals surface area contributed by atoms with Crippen molar-refractivity contribution in [3.05, 3.63) is 35.1 Å². The second-order valence-corrected chi connectivity index (χ2v) is 4.40. The molecule has 1 aliphatic heterocycles. The molecule has 3 amide bonds. The van der Waals surface area contributed by atoms with Crippen LogP contribution in [0.25, 0.3) is 0 Å². The Morgan fingerprint density at radius 1 is 1.35 bits per heavy atom. The highest BCUT2D eigenvalue weighted by Gasteiger charge is 2.48. The molecule has 0 bridgehead atoms. The fourth-order valence-corrected chi connectivity index (χ4v) is 1.99. The van der Waals surface area contributed by atoms with E-state index < -0.39 is 23.3 Å². The Morgan fingerprint density at radius 3 is 2.47 bits per heavy atom. The van der Waals surface area contributed by atoms with Gasteiger partial charge in [-0.2, -0.15) is 0 Å². The Hall–Kier alpha value is -1.91. The first-order valence-electron chi connectivity index (χ1n) is 5.23. The summed E-state index contributed by atoms with van der Waals surface area (Å²) in [5.41, 5.74) is -0.366. The number of nitrogens with one attached hydrogen (secondary N) is 1. The van der Waals surface area contributed by atoms with E-state index in [2.05, 4.69) is 5.32 Å². The lowest BCUT2D eigenvalue weighted by atomic mass is 9.91. The van der Waals surface area contributed by atoms with E-state index in [1.807, 2.05) is 0 Å². The monoisotopic (exact) mass is 236 g/mol. The molecule has 2 rings (SSSR count). The van der Waals surface area contributed by atoms with Crippen molar-refractivity contribution in [3.63, 3.8) is 0 Å². The van der Waals surface area contributed by atoms with Gasteiger partial charge >= 0.3 is 6.03 Å². The number of hydrogen-bond donors (Lipinski definition) is 1. The summed E-state index contributed by atoms with van der Waals surface area (Å²) in [5, 5.41) is 2.50. The molecular weight excluding hydrogens is 223 g/mol. The SMILES string of the molecule is Cc1ccc(C2(C)NC(=O)N(C)C2=O)c(F)c1. The van der Waals surface area contributed by atoms with Crippen molar-refractivity contribution >= 4 is 11.9 Å². The van der Waals surface area contributed by atoms with Gasteiger partial charge in [-0.05, 0) is 25.5 Å². The smallest absolute Gasteiger partial charge is 0.319 e. The first-order chi connectivity index (χ1) is 7.86. The summed E-state index contributed by atoms with van der Waals surface area (Å²) in [6.07, 6.45) is 0. The zero-order valence-corrected chi connectivity index (χ0v) is 9.87. The van der Waals surface area contributed by atoms with Gasteiger partial charge in [-0.15, -0.1) is 0 Å². The van der Waals surface area contributed by atoms with E-state index in [0.717, 1.165) is 10.5 Å². The minimum atomic E-state index is -1.32.